The molecule has 116 valence electrons. The summed E-state index contributed by atoms with van der Waals surface area (Å²) in [4.78, 5) is 15.6. The summed E-state index contributed by atoms with van der Waals surface area (Å²) in [7, 11) is -3.62. The molecule has 0 spiro atoms. The zero-order valence-electron chi connectivity index (χ0n) is 11.9. The molecule has 0 saturated heterocycles. The first kappa shape index (κ1) is 15.7. The number of sulfonamides is 1. The normalized spacial score (nSPS) is 14.7. The highest BCUT2D eigenvalue weighted by molar-refractivity contribution is 7.89. The second kappa shape index (κ2) is 6.86. The molecule has 0 aromatic carbocycles. The molecule has 1 heterocycles. The molecule has 0 aliphatic heterocycles. The molecule has 21 heavy (non-hydrogen) atoms. The molecule has 1 saturated carbocycles. The van der Waals surface area contributed by atoms with E-state index >= 15 is 0 Å². The Morgan fingerprint density at radius 3 is 2.86 bits per heavy atom. The first-order chi connectivity index (χ1) is 10.0. The summed E-state index contributed by atoms with van der Waals surface area (Å²) >= 11 is 0. The Morgan fingerprint density at radius 2 is 2.19 bits per heavy atom. The maximum absolute atomic E-state index is 12.1. The number of hydrogen-bond acceptors (Lipinski definition) is 5. The minimum Gasteiger partial charge on any atom is -0.370 e. The highest BCUT2D eigenvalue weighted by Gasteiger charge is 2.23. The zero-order valence-corrected chi connectivity index (χ0v) is 12.7. The van der Waals surface area contributed by atoms with Crippen molar-refractivity contribution in [1.29, 1.82) is 0 Å². The molecular formula is C13H20N4O3S. The van der Waals surface area contributed by atoms with E-state index in [0.29, 0.717) is 12.4 Å². The van der Waals surface area contributed by atoms with Crippen LogP contribution in [0.5, 0.6) is 0 Å². The van der Waals surface area contributed by atoms with E-state index in [1.165, 1.54) is 18.3 Å². The molecule has 0 atom stereocenters. The van der Waals surface area contributed by atoms with Gasteiger partial charge in [-0.3, -0.25) is 4.79 Å². The fraction of sp³-hybridized carbons (Fsp3) is 0.538. The maximum atomic E-state index is 12.1. The summed E-state index contributed by atoms with van der Waals surface area (Å²) in [5.41, 5.74) is 0. The van der Waals surface area contributed by atoms with E-state index in [4.69, 9.17) is 0 Å². The van der Waals surface area contributed by atoms with Crippen LogP contribution in [0.25, 0.3) is 0 Å². The predicted molar refractivity (Wildman–Crippen MR) is 79.4 cm³/mol. The zero-order chi connectivity index (χ0) is 15.3. The fourth-order valence-corrected chi connectivity index (χ4v) is 2.81. The van der Waals surface area contributed by atoms with Gasteiger partial charge in [0.25, 0.3) is 0 Å². The largest absolute Gasteiger partial charge is 0.370 e. The summed E-state index contributed by atoms with van der Waals surface area (Å²) in [5.74, 6) is 0.384. The van der Waals surface area contributed by atoms with Crippen molar-refractivity contribution in [1.82, 2.24) is 15.0 Å². The molecule has 3 N–H and O–H groups in total. The Bertz CT molecular complexity index is 599. The first-order valence-corrected chi connectivity index (χ1v) is 8.48. The van der Waals surface area contributed by atoms with Gasteiger partial charge in [0.15, 0.2) is 0 Å². The van der Waals surface area contributed by atoms with E-state index in [9.17, 15) is 13.2 Å². The lowest BCUT2D eigenvalue weighted by atomic mass is 10.4. The van der Waals surface area contributed by atoms with E-state index in [1.807, 2.05) is 6.92 Å². The van der Waals surface area contributed by atoms with E-state index in [2.05, 4.69) is 20.3 Å². The number of nitrogens with one attached hydrogen (secondary N) is 3. The van der Waals surface area contributed by atoms with Crippen LogP contribution in [0.2, 0.25) is 0 Å². The smallest absolute Gasteiger partial charge is 0.240 e. The second-order valence-corrected chi connectivity index (χ2v) is 6.66. The number of carbonyl (C=O) groups excluding carboxylic acids is 1. The third-order valence-corrected chi connectivity index (χ3v) is 4.44. The summed E-state index contributed by atoms with van der Waals surface area (Å²) in [5, 5.41) is 5.77. The van der Waals surface area contributed by atoms with Crippen LogP contribution in [0.1, 0.15) is 26.2 Å². The van der Waals surface area contributed by atoms with Crippen LogP contribution in [0.4, 0.5) is 5.82 Å². The van der Waals surface area contributed by atoms with Gasteiger partial charge in [0.05, 0.1) is 4.90 Å². The van der Waals surface area contributed by atoms with Crippen molar-refractivity contribution in [3.63, 3.8) is 0 Å². The Balaban J connectivity index is 1.88. The number of amides is 1. The SMILES string of the molecule is CCNc1cc(S(=O)(=O)NCCC(=O)NC2CC2)ccn1. The standard InChI is InChI=1S/C13H20N4O3S/c1-2-14-12-9-11(5-7-15-12)21(19,20)16-8-6-13(18)17-10-3-4-10/h5,7,9-10,16H,2-4,6,8H2,1H3,(H,14,15)(H,17,18). The third-order valence-electron chi connectivity index (χ3n) is 2.99. The molecule has 1 fully saturated rings. The molecule has 0 unspecified atom stereocenters. The molecule has 0 bridgehead atoms. The van der Waals surface area contributed by atoms with E-state index < -0.39 is 10.0 Å². The number of hydrogen-bond donors (Lipinski definition) is 3. The summed E-state index contributed by atoms with van der Waals surface area (Å²) in [6.45, 7) is 2.64. The highest BCUT2D eigenvalue weighted by Crippen LogP contribution is 2.18. The molecule has 2 rings (SSSR count). The molecule has 7 nitrogen and oxygen atoms in total. The molecule has 1 aliphatic rings. The van der Waals surface area contributed by atoms with Crippen LogP contribution in [0.3, 0.4) is 0 Å². The molecule has 0 radical (unpaired) electrons. The number of carbonyl (C=O) groups is 1. The van der Waals surface area contributed by atoms with Gasteiger partial charge in [-0.15, -0.1) is 0 Å². The number of pyridine rings is 1. The number of rotatable bonds is 8. The van der Waals surface area contributed by atoms with Gasteiger partial charge in [-0.25, -0.2) is 18.1 Å². The van der Waals surface area contributed by atoms with Crippen LogP contribution in [0, 0.1) is 0 Å². The van der Waals surface area contributed by atoms with Crippen LogP contribution in [-0.2, 0) is 14.8 Å². The third kappa shape index (κ3) is 4.98. The van der Waals surface area contributed by atoms with Crippen molar-refractivity contribution in [2.24, 2.45) is 0 Å². The number of anilines is 1. The highest BCUT2D eigenvalue weighted by atomic mass is 32.2. The lowest BCUT2D eigenvalue weighted by Gasteiger charge is -2.08. The summed E-state index contributed by atoms with van der Waals surface area (Å²) in [6, 6.07) is 3.18. The van der Waals surface area contributed by atoms with Crippen LogP contribution in [0.15, 0.2) is 23.2 Å². The Kier molecular flexibility index (Phi) is 5.13. The predicted octanol–water partition coefficient (Wildman–Crippen LogP) is 0.460. The topological polar surface area (TPSA) is 100 Å². The Morgan fingerprint density at radius 1 is 1.43 bits per heavy atom. The Labute approximate surface area is 124 Å². The first-order valence-electron chi connectivity index (χ1n) is 7.00. The van der Waals surface area contributed by atoms with Gasteiger partial charge in [0.2, 0.25) is 15.9 Å². The Hall–Kier alpha value is -1.67. The van der Waals surface area contributed by atoms with E-state index in [0.717, 1.165) is 12.8 Å². The van der Waals surface area contributed by atoms with Crippen molar-refractivity contribution in [2.45, 2.75) is 37.1 Å². The lowest BCUT2D eigenvalue weighted by Crippen LogP contribution is -2.31. The van der Waals surface area contributed by atoms with Gasteiger partial charge in [-0.05, 0) is 25.8 Å². The average Bonchev–Trinajstić information content (AvgIpc) is 3.23. The minimum absolute atomic E-state index is 0.0831. The molecule has 1 aromatic rings. The monoisotopic (exact) mass is 312 g/mol. The van der Waals surface area contributed by atoms with Gasteiger partial charge in [-0.2, -0.15) is 0 Å². The quantitative estimate of drug-likeness (QED) is 0.647. The second-order valence-electron chi connectivity index (χ2n) is 4.90. The van der Waals surface area contributed by atoms with Gasteiger partial charge in [-0.1, -0.05) is 0 Å². The number of nitrogens with zero attached hydrogens (tertiary/aromatic N) is 1. The molecule has 1 aromatic heterocycles. The van der Waals surface area contributed by atoms with Crippen LogP contribution < -0.4 is 15.4 Å². The van der Waals surface area contributed by atoms with E-state index in [1.54, 1.807) is 0 Å². The minimum atomic E-state index is -3.62. The van der Waals surface area contributed by atoms with Crippen LogP contribution in [-0.4, -0.2) is 38.4 Å². The van der Waals surface area contributed by atoms with Gasteiger partial charge in [0, 0.05) is 37.8 Å². The molecule has 1 aliphatic carbocycles. The van der Waals surface area contributed by atoms with Crippen molar-refractivity contribution < 1.29 is 13.2 Å². The van der Waals surface area contributed by atoms with Gasteiger partial charge < -0.3 is 10.6 Å². The lowest BCUT2D eigenvalue weighted by molar-refractivity contribution is -0.121. The molecule has 1 amide bonds. The van der Waals surface area contributed by atoms with Crippen molar-refractivity contribution in [3.8, 4) is 0 Å². The summed E-state index contributed by atoms with van der Waals surface area (Å²) < 4.78 is 26.6. The van der Waals surface area contributed by atoms with Gasteiger partial charge in [0.1, 0.15) is 5.82 Å². The van der Waals surface area contributed by atoms with Crippen molar-refractivity contribution in [3.05, 3.63) is 18.3 Å². The number of aromatic nitrogens is 1. The van der Waals surface area contributed by atoms with Crippen LogP contribution >= 0.6 is 0 Å². The van der Waals surface area contributed by atoms with E-state index in [-0.39, 0.29) is 29.8 Å². The van der Waals surface area contributed by atoms with Gasteiger partial charge >= 0.3 is 0 Å². The van der Waals surface area contributed by atoms with Crippen molar-refractivity contribution >= 4 is 21.7 Å². The maximum Gasteiger partial charge on any atom is 0.240 e. The van der Waals surface area contributed by atoms with Crippen molar-refractivity contribution in [2.75, 3.05) is 18.4 Å². The fourth-order valence-electron chi connectivity index (χ4n) is 1.77. The summed E-state index contributed by atoms with van der Waals surface area (Å²) in [6.07, 6.45) is 3.61. The average molecular weight is 312 g/mol. The molecule has 8 heteroatoms. The molecular weight excluding hydrogens is 292 g/mol.